The Labute approximate surface area is 242 Å². The van der Waals surface area contributed by atoms with Crippen molar-refractivity contribution in [2.24, 2.45) is 5.92 Å². The van der Waals surface area contributed by atoms with Crippen molar-refractivity contribution in [1.82, 2.24) is 14.2 Å². The van der Waals surface area contributed by atoms with E-state index in [2.05, 4.69) is 15.7 Å². The number of hydrogen-bond acceptors (Lipinski definition) is 11. The average molecular weight is 619 g/mol. The Hall–Kier alpha value is -1.45. The topological polar surface area (TPSA) is 154 Å². The fourth-order valence-corrected chi connectivity index (χ4v) is 8.80. The van der Waals surface area contributed by atoms with Gasteiger partial charge in [0.2, 0.25) is 0 Å². The van der Waals surface area contributed by atoms with E-state index in [1.807, 2.05) is 34.6 Å². The molecule has 2 heterocycles. The number of nitrogens with zero attached hydrogens (tertiary/aromatic N) is 3. The van der Waals surface area contributed by atoms with Crippen LogP contribution in [0.2, 0.25) is 0 Å². The zero-order valence-electron chi connectivity index (χ0n) is 25.1. The normalized spacial score (nSPS) is 27.1. The maximum absolute atomic E-state index is 13.3. The van der Waals surface area contributed by atoms with Gasteiger partial charge in [-0.15, -0.1) is 0 Å². The minimum absolute atomic E-state index is 0.0510. The van der Waals surface area contributed by atoms with Crippen LogP contribution in [0.1, 0.15) is 65.7 Å². The monoisotopic (exact) mass is 618 g/mol. The van der Waals surface area contributed by atoms with E-state index in [4.69, 9.17) is 32.8 Å². The molecule has 0 bridgehead atoms. The summed E-state index contributed by atoms with van der Waals surface area (Å²) in [6.07, 6.45) is -0.253. The summed E-state index contributed by atoms with van der Waals surface area (Å²) < 4.78 is 53.1. The summed E-state index contributed by atoms with van der Waals surface area (Å²) in [5, 5.41) is 9.14. The predicted octanol–water partition coefficient (Wildman–Crippen LogP) is 4.07. The Kier molecular flexibility index (Phi) is 12.3. The van der Waals surface area contributed by atoms with Crippen LogP contribution in [0.4, 0.5) is 0 Å². The van der Waals surface area contributed by atoms with E-state index >= 15 is 0 Å². The summed E-state index contributed by atoms with van der Waals surface area (Å²) in [6.45, 7) is 12.3. The smallest absolute Gasteiger partial charge is 0.333 e. The van der Waals surface area contributed by atoms with Gasteiger partial charge in [0, 0.05) is 50.6 Å². The molecule has 1 aliphatic heterocycles. The molecule has 2 aliphatic rings. The lowest BCUT2D eigenvalue weighted by atomic mass is 10.1. The molecule has 0 spiro atoms. The van der Waals surface area contributed by atoms with E-state index < -0.39 is 57.6 Å². The third-order valence-corrected chi connectivity index (χ3v) is 11.7. The second-order valence-electron chi connectivity index (χ2n) is 10.8. The van der Waals surface area contributed by atoms with Crippen LogP contribution < -0.4 is 11.2 Å². The summed E-state index contributed by atoms with van der Waals surface area (Å²) in [4.78, 5) is 27.5. The van der Waals surface area contributed by atoms with Crippen molar-refractivity contribution in [1.29, 1.82) is 5.26 Å². The van der Waals surface area contributed by atoms with E-state index in [0.717, 1.165) is 0 Å². The van der Waals surface area contributed by atoms with Crippen LogP contribution in [0.25, 0.3) is 0 Å². The molecule has 1 saturated carbocycles. The summed E-state index contributed by atoms with van der Waals surface area (Å²) in [6, 6.07) is 2.21. The first-order valence-corrected chi connectivity index (χ1v) is 16.7. The molecule has 1 aliphatic carbocycles. The zero-order chi connectivity index (χ0) is 30.5. The van der Waals surface area contributed by atoms with Gasteiger partial charge in [-0.25, -0.2) is 9.46 Å². The van der Waals surface area contributed by atoms with Crippen LogP contribution in [0.3, 0.4) is 0 Å². The number of aromatic nitrogens is 2. The van der Waals surface area contributed by atoms with Crippen LogP contribution in [0, 0.1) is 24.2 Å². The van der Waals surface area contributed by atoms with E-state index in [9.17, 15) is 14.2 Å². The van der Waals surface area contributed by atoms with Gasteiger partial charge in [-0.2, -0.15) is 5.26 Å². The first-order valence-electron chi connectivity index (χ1n) is 14.0. The van der Waals surface area contributed by atoms with Gasteiger partial charge in [-0.3, -0.25) is 18.9 Å². The molecule has 13 nitrogen and oxygen atoms in total. The third-order valence-electron chi connectivity index (χ3n) is 7.18. The van der Waals surface area contributed by atoms with E-state index in [0.29, 0.717) is 25.0 Å². The highest BCUT2D eigenvalue weighted by Crippen LogP contribution is 2.67. The average Bonchev–Trinajstić information content (AvgIpc) is 3.65. The van der Waals surface area contributed by atoms with Gasteiger partial charge in [0.1, 0.15) is 12.2 Å². The van der Waals surface area contributed by atoms with Gasteiger partial charge < -0.3 is 27.6 Å². The lowest BCUT2D eigenvalue weighted by Crippen LogP contribution is -2.42. The van der Waals surface area contributed by atoms with E-state index in [1.54, 1.807) is 6.92 Å². The van der Waals surface area contributed by atoms with E-state index in [-0.39, 0.29) is 31.0 Å². The molecular formula is C26H44N4O9P2. The minimum atomic E-state index is -3.40. The highest BCUT2D eigenvalue weighted by molar-refractivity contribution is 7.55. The van der Waals surface area contributed by atoms with Crippen LogP contribution in [0.5, 0.6) is 0 Å². The third kappa shape index (κ3) is 7.74. The van der Waals surface area contributed by atoms with Crippen molar-refractivity contribution in [3.05, 3.63) is 32.6 Å². The number of nitrogens with one attached hydrogen (secondary N) is 1. The highest BCUT2D eigenvalue weighted by atomic mass is 31.2. The molecule has 2 fully saturated rings. The highest BCUT2D eigenvalue weighted by Gasteiger charge is 2.63. The SMILES string of the molecule is CCCOC1[C@@H](OP(OCCC#N)N(C(C)C)C(C)C)[C@@H](C2CC2P(=O)(OC)OC)O[C@H]1n1cc(C)c(=O)[nH]c1=O. The number of hydrogen-bond donors (Lipinski definition) is 1. The van der Waals surface area contributed by atoms with E-state index in [1.165, 1.54) is 25.0 Å². The number of ether oxygens (including phenoxy) is 2. The number of rotatable bonds is 16. The molecule has 232 valence electrons. The zero-order valence-corrected chi connectivity index (χ0v) is 26.9. The predicted molar refractivity (Wildman–Crippen MR) is 154 cm³/mol. The van der Waals surface area contributed by atoms with Crippen LogP contribution in [0.15, 0.2) is 15.8 Å². The van der Waals surface area contributed by atoms with Gasteiger partial charge in [-0.05, 0) is 47.5 Å². The first kappa shape index (κ1) is 34.0. The van der Waals surface area contributed by atoms with Crippen molar-refractivity contribution in [2.45, 2.75) is 103 Å². The Bertz CT molecular complexity index is 1200. The second-order valence-corrected chi connectivity index (χ2v) is 14.7. The second kappa shape index (κ2) is 14.8. The Morgan fingerprint density at radius 1 is 1.20 bits per heavy atom. The quantitative estimate of drug-likeness (QED) is 0.211. The van der Waals surface area contributed by atoms with Crippen molar-refractivity contribution in [3.8, 4) is 6.07 Å². The maximum Gasteiger partial charge on any atom is 0.333 e. The fraction of sp³-hybridized carbons (Fsp3) is 0.808. The number of nitriles is 1. The van der Waals surface area contributed by atoms with Gasteiger partial charge in [0.15, 0.2) is 6.23 Å². The molecule has 7 atom stereocenters. The molecule has 1 aromatic heterocycles. The maximum atomic E-state index is 13.3. The molecule has 0 amide bonds. The van der Waals surface area contributed by atoms with Crippen molar-refractivity contribution < 1.29 is 32.1 Å². The molecule has 3 rings (SSSR count). The Balaban J connectivity index is 2.09. The van der Waals surface area contributed by atoms with Gasteiger partial charge in [-0.1, -0.05) is 6.92 Å². The molecular weight excluding hydrogens is 574 g/mol. The Morgan fingerprint density at radius 3 is 2.41 bits per heavy atom. The first-order chi connectivity index (χ1) is 19.4. The summed E-state index contributed by atoms with van der Waals surface area (Å²) >= 11 is 0. The van der Waals surface area contributed by atoms with Crippen molar-refractivity contribution in [3.63, 3.8) is 0 Å². The number of aryl methyl sites for hydroxylation is 1. The number of H-pyrrole nitrogens is 1. The summed E-state index contributed by atoms with van der Waals surface area (Å²) in [5.41, 5.74) is -1.21. The fourth-order valence-electron chi connectivity index (χ4n) is 5.22. The lowest BCUT2D eigenvalue weighted by Gasteiger charge is -2.38. The van der Waals surface area contributed by atoms with Crippen molar-refractivity contribution in [2.75, 3.05) is 27.4 Å². The molecule has 41 heavy (non-hydrogen) atoms. The lowest BCUT2D eigenvalue weighted by molar-refractivity contribution is -0.0712. The number of aromatic amines is 1. The molecule has 1 saturated heterocycles. The minimum Gasteiger partial charge on any atom is -0.371 e. The van der Waals surface area contributed by atoms with Crippen LogP contribution in [-0.2, 0) is 32.1 Å². The molecule has 4 unspecified atom stereocenters. The van der Waals surface area contributed by atoms with Gasteiger partial charge in [0.25, 0.3) is 14.1 Å². The van der Waals surface area contributed by atoms with Gasteiger partial charge >= 0.3 is 13.3 Å². The molecule has 1 N–H and O–H groups in total. The molecule has 15 heteroatoms. The summed E-state index contributed by atoms with van der Waals surface area (Å²) in [5.74, 6) is -0.273. The summed E-state index contributed by atoms with van der Waals surface area (Å²) in [7, 11) is -2.40. The van der Waals surface area contributed by atoms with Crippen LogP contribution in [-0.4, -0.2) is 77.7 Å². The largest absolute Gasteiger partial charge is 0.371 e. The molecule has 0 radical (unpaired) electrons. The molecule has 0 aromatic carbocycles. The Morgan fingerprint density at radius 2 is 1.85 bits per heavy atom. The van der Waals surface area contributed by atoms with Gasteiger partial charge in [0.05, 0.1) is 30.9 Å². The standard InChI is InChI=1S/C26H44N4O9P2/c1-9-12-36-23-22(39-40(37-13-10-11-27)30(16(2)3)17(4)5)21(19-14-20(19)41(33,34-7)35-8)38-25(23)29-15-18(6)24(31)28-26(29)32/h15-17,19-23,25H,9-10,12-14H2,1-8H3,(H,28,31,32)/t19?,20?,21-,22+,23?,25-,40?/m1/s1. The van der Waals surface area contributed by atoms with Crippen LogP contribution >= 0.6 is 16.1 Å². The van der Waals surface area contributed by atoms with Crippen molar-refractivity contribution >= 4 is 16.1 Å². The molecule has 1 aromatic rings.